The number of sulfonamides is 1. The second kappa shape index (κ2) is 10.3. The Bertz CT molecular complexity index is 1090. The first-order valence-corrected chi connectivity index (χ1v) is 11.8. The predicted molar refractivity (Wildman–Crippen MR) is 118 cm³/mol. The SMILES string of the molecule is CCNC(=O)COC(=O)c1ccc(Cl)c(S(=O)(=O)N2CCN(c3ccc(F)cc3)CC2)c1. The number of anilines is 1. The first kappa shape index (κ1) is 24.0. The summed E-state index contributed by atoms with van der Waals surface area (Å²) >= 11 is 6.14. The fourth-order valence-corrected chi connectivity index (χ4v) is 5.19. The maximum Gasteiger partial charge on any atom is 0.338 e. The summed E-state index contributed by atoms with van der Waals surface area (Å²) < 4.78 is 45.7. The molecule has 0 aliphatic carbocycles. The largest absolute Gasteiger partial charge is 0.452 e. The van der Waals surface area contributed by atoms with Crippen LogP contribution >= 0.6 is 11.6 Å². The molecule has 1 aliphatic rings. The van der Waals surface area contributed by atoms with Gasteiger partial charge < -0.3 is 15.0 Å². The van der Waals surface area contributed by atoms with Gasteiger partial charge in [0.25, 0.3) is 5.91 Å². The third-order valence-corrected chi connectivity index (χ3v) is 7.30. The van der Waals surface area contributed by atoms with Gasteiger partial charge in [-0.2, -0.15) is 4.31 Å². The van der Waals surface area contributed by atoms with Crippen molar-refractivity contribution >= 4 is 39.2 Å². The van der Waals surface area contributed by atoms with Crippen LogP contribution in [-0.4, -0.2) is 63.9 Å². The Balaban J connectivity index is 1.71. The molecule has 172 valence electrons. The van der Waals surface area contributed by atoms with Gasteiger partial charge in [0.05, 0.1) is 10.6 Å². The van der Waals surface area contributed by atoms with Crippen molar-refractivity contribution in [1.82, 2.24) is 9.62 Å². The van der Waals surface area contributed by atoms with Crippen molar-refractivity contribution in [3.63, 3.8) is 0 Å². The highest BCUT2D eigenvalue weighted by Gasteiger charge is 2.31. The molecule has 0 bridgehead atoms. The summed E-state index contributed by atoms with van der Waals surface area (Å²) in [5.41, 5.74) is 0.778. The molecule has 3 rings (SSSR count). The Kier molecular flexibility index (Phi) is 7.70. The van der Waals surface area contributed by atoms with Crippen molar-refractivity contribution in [2.75, 3.05) is 44.2 Å². The maximum atomic E-state index is 13.2. The first-order chi connectivity index (χ1) is 15.2. The van der Waals surface area contributed by atoms with E-state index >= 15 is 0 Å². The first-order valence-electron chi connectivity index (χ1n) is 9.96. The molecule has 1 amide bonds. The minimum Gasteiger partial charge on any atom is -0.452 e. The summed E-state index contributed by atoms with van der Waals surface area (Å²) in [5.74, 6) is -1.62. The van der Waals surface area contributed by atoms with E-state index in [4.69, 9.17) is 16.3 Å². The van der Waals surface area contributed by atoms with Gasteiger partial charge in [-0.3, -0.25) is 4.79 Å². The van der Waals surface area contributed by atoms with Crippen LogP contribution in [0.15, 0.2) is 47.4 Å². The van der Waals surface area contributed by atoms with Gasteiger partial charge in [-0.15, -0.1) is 0 Å². The standard InChI is InChI=1S/C21H23ClFN3O5S/c1-2-24-20(27)14-31-21(28)15-3-8-18(22)19(13-15)32(29,30)26-11-9-25(10-12-26)17-6-4-16(23)5-7-17/h3-8,13H,2,9-12,14H2,1H3,(H,24,27). The van der Waals surface area contributed by atoms with E-state index in [1.54, 1.807) is 19.1 Å². The molecule has 1 aliphatic heterocycles. The van der Waals surface area contributed by atoms with Crippen LogP contribution in [0.25, 0.3) is 0 Å². The summed E-state index contributed by atoms with van der Waals surface area (Å²) in [6, 6.07) is 9.81. The van der Waals surface area contributed by atoms with Gasteiger partial charge in [-0.05, 0) is 49.4 Å². The van der Waals surface area contributed by atoms with E-state index in [1.165, 1.54) is 28.6 Å². The molecule has 1 saturated heterocycles. The highest BCUT2D eigenvalue weighted by molar-refractivity contribution is 7.89. The number of rotatable bonds is 7. The fraction of sp³-hybridized carbons (Fsp3) is 0.333. The third kappa shape index (κ3) is 5.56. The lowest BCUT2D eigenvalue weighted by Gasteiger charge is -2.35. The fourth-order valence-electron chi connectivity index (χ4n) is 3.27. The monoisotopic (exact) mass is 483 g/mol. The van der Waals surface area contributed by atoms with Crippen molar-refractivity contribution in [2.45, 2.75) is 11.8 Å². The number of likely N-dealkylation sites (N-methyl/N-ethyl adjacent to an activating group) is 1. The average molecular weight is 484 g/mol. The van der Waals surface area contributed by atoms with Crippen molar-refractivity contribution in [2.24, 2.45) is 0 Å². The minimum absolute atomic E-state index is 0.0220. The number of carbonyl (C=O) groups excluding carboxylic acids is 2. The molecule has 0 aromatic heterocycles. The lowest BCUT2D eigenvalue weighted by molar-refractivity contribution is -0.124. The summed E-state index contributed by atoms with van der Waals surface area (Å²) in [6.45, 7) is 2.88. The van der Waals surface area contributed by atoms with E-state index in [1.807, 2.05) is 4.90 Å². The van der Waals surface area contributed by atoms with Crippen LogP contribution < -0.4 is 10.2 Å². The van der Waals surface area contributed by atoms with E-state index in [9.17, 15) is 22.4 Å². The van der Waals surface area contributed by atoms with Crippen LogP contribution in [0.3, 0.4) is 0 Å². The number of hydrogen-bond acceptors (Lipinski definition) is 6. The molecular formula is C21H23ClFN3O5S. The summed E-state index contributed by atoms with van der Waals surface area (Å²) in [4.78, 5) is 25.5. The van der Waals surface area contributed by atoms with Crippen LogP contribution in [0, 0.1) is 5.82 Å². The molecule has 11 heteroatoms. The summed E-state index contributed by atoms with van der Waals surface area (Å²) in [7, 11) is -3.97. The molecule has 1 fully saturated rings. The Morgan fingerprint density at radius 3 is 2.38 bits per heavy atom. The molecule has 0 spiro atoms. The molecule has 8 nitrogen and oxygen atoms in total. The van der Waals surface area contributed by atoms with Crippen molar-refractivity contribution in [1.29, 1.82) is 0 Å². The van der Waals surface area contributed by atoms with Crippen molar-refractivity contribution < 1.29 is 27.1 Å². The van der Waals surface area contributed by atoms with Gasteiger partial charge in [-0.25, -0.2) is 17.6 Å². The van der Waals surface area contributed by atoms with Gasteiger partial charge >= 0.3 is 5.97 Å². The number of benzene rings is 2. The number of nitrogens with one attached hydrogen (secondary N) is 1. The Morgan fingerprint density at radius 2 is 1.75 bits per heavy atom. The number of piperazine rings is 1. The number of esters is 1. The highest BCUT2D eigenvalue weighted by atomic mass is 35.5. The number of ether oxygens (including phenoxy) is 1. The predicted octanol–water partition coefficient (Wildman–Crippen LogP) is 2.28. The zero-order valence-corrected chi connectivity index (χ0v) is 19.0. The quantitative estimate of drug-likeness (QED) is 0.607. The van der Waals surface area contributed by atoms with E-state index in [2.05, 4.69) is 5.32 Å². The molecule has 1 heterocycles. The summed E-state index contributed by atoms with van der Waals surface area (Å²) in [6.07, 6.45) is 0. The maximum absolute atomic E-state index is 13.2. The molecule has 2 aromatic carbocycles. The second-order valence-electron chi connectivity index (χ2n) is 7.04. The minimum atomic E-state index is -3.97. The number of nitrogens with zero attached hydrogens (tertiary/aromatic N) is 2. The zero-order valence-electron chi connectivity index (χ0n) is 17.4. The van der Waals surface area contributed by atoms with E-state index < -0.39 is 28.5 Å². The topological polar surface area (TPSA) is 96.0 Å². The van der Waals surface area contributed by atoms with Gasteiger partial charge in [-0.1, -0.05) is 11.6 Å². The smallest absolute Gasteiger partial charge is 0.338 e. The van der Waals surface area contributed by atoms with Gasteiger partial charge in [0.15, 0.2) is 6.61 Å². The van der Waals surface area contributed by atoms with E-state index in [0.29, 0.717) is 19.6 Å². The molecular weight excluding hydrogens is 461 g/mol. The van der Waals surface area contributed by atoms with Gasteiger partial charge in [0.2, 0.25) is 10.0 Å². The molecule has 1 N–H and O–H groups in total. The molecule has 0 atom stereocenters. The highest BCUT2D eigenvalue weighted by Crippen LogP contribution is 2.28. The van der Waals surface area contributed by atoms with E-state index in [-0.39, 0.29) is 34.4 Å². The molecule has 32 heavy (non-hydrogen) atoms. The normalized spacial score (nSPS) is 14.8. The number of hydrogen-bond donors (Lipinski definition) is 1. The van der Waals surface area contributed by atoms with Crippen LogP contribution in [0.2, 0.25) is 5.02 Å². The molecule has 0 saturated carbocycles. The summed E-state index contributed by atoms with van der Waals surface area (Å²) in [5, 5.41) is 2.47. The Labute approximate surface area is 191 Å². The third-order valence-electron chi connectivity index (χ3n) is 4.92. The van der Waals surface area contributed by atoms with Crippen LogP contribution in [0.5, 0.6) is 0 Å². The number of amides is 1. The van der Waals surface area contributed by atoms with Crippen molar-refractivity contribution in [3.05, 3.63) is 58.9 Å². The second-order valence-corrected chi connectivity index (χ2v) is 9.36. The van der Waals surface area contributed by atoms with Crippen molar-refractivity contribution in [3.8, 4) is 0 Å². The average Bonchev–Trinajstić information content (AvgIpc) is 2.78. The lowest BCUT2D eigenvalue weighted by atomic mass is 10.2. The molecule has 0 unspecified atom stereocenters. The van der Waals surface area contributed by atoms with Gasteiger partial charge in [0, 0.05) is 38.4 Å². The van der Waals surface area contributed by atoms with E-state index in [0.717, 1.165) is 11.8 Å². The Morgan fingerprint density at radius 1 is 1.09 bits per heavy atom. The van der Waals surface area contributed by atoms with Crippen LogP contribution in [0.1, 0.15) is 17.3 Å². The molecule has 0 radical (unpaired) electrons. The van der Waals surface area contributed by atoms with Crippen LogP contribution in [0.4, 0.5) is 10.1 Å². The zero-order chi connectivity index (χ0) is 23.3. The molecule has 2 aromatic rings. The lowest BCUT2D eigenvalue weighted by Crippen LogP contribution is -2.48. The van der Waals surface area contributed by atoms with Gasteiger partial charge in [0.1, 0.15) is 10.7 Å². The number of halogens is 2. The Hall–Kier alpha value is -2.69. The number of carbonyl (C=O) groups is 2. The van der Waals surface area contributed by atoms with Crippen LogP contribution in [-0.2, 0) is 19.6 Å².